The van der Waals surface area contributed by atoms with Crippen LogP contribution in [-0.4, -0.2) is 15.7 Å². The molecule has 3 rings (SSSR count). The fraction of sp³-hybridized carbons (Fsp3) is 0.333. The number of aldehydes is 1. The summed E-state index contributed by atoms with van der Waals surface area (Å²) in [5.41, 5.74) is 2.68. The van der Waals surface area contributed by atoms with Gasteiger partial charge in [-0.3, -0.25) is 9.20 Å². The first-order chi connectivity index (χ1) is 7.24. The topological polar surface area (TPSA) is 34.4 Å². The maximum atomic E-state index is 11.1. The second-order valence-electron chi connectivity index (χ2n) is 4.45. The molecule has 2 heterocycles. The number of rotatable bonds is 2. The van der Waals surface area contributed by atoms with Crippen molar-refractivity contribution < 1.29 is 4.79 Å². The van der Waals surface area contributed by atoms with Gasteiger partial charge in [0.25, 0.3) is 0 Å². The Morgan fingerprint density at radius 2 is 2.27 bits per heavy atom. The summed E-state index contributed by atoms with van der Waals surface area (Å²) >= 11 is 0. The van der Waals surface area contributed by atoms with Crippen molar-refractivity contribution in [2.24, 2.45) is 0 Å². The Hall–Kier alpha value is -1.64. The zero-order valence-electron chi connectivity index (χ0n) is 8.60. The van der Waals surface area contributed by atoms with Crippen LogP contribution in [0, 0.1) is 0 Å². The molecule has 1 fully saturated rings. The molecule has 2 aromatic rings. The van der Waals surface area contributed by atoms with E-state index >= 15 is 0 Å². The van der Waals surface area contributed by atoms with Gasteiger partial charge < -0.3 is 0 Å². The molecule has 0 unspecified atom stereocenters. The predicted octanol–water partition coefficient (Wildman–Crippen LogP) is 2.20. The average molecular weight is 200 g/mol. The van der Waals surface area contributed by atoms with Crippen molar-refractivity contribution in [3.05, 3.63) is 35.8 Å². The molecule has 0 spiro atoms. The van der Waals surface area contributed by atoms with Gasteiger partial charge in [-0.05, 0) is 25.0 Å². The first-order valence-electron chi connectivity index (χ1n) is 5.17. The third-order valence-electron chi connectivity index (χ3n) is 3.25. The van der Waals surface area contributed by atoms with Crippen molar-refractivity contribution in [2.75, 3.05) is 0 Å². The molecule has 1 saturated carbocycles. The zero-order chi connectivity index (χ0) is 10.5. The van der Waals surface area contributed by atoms with Crippen molar-refractivity contribution in [2.45, 2.75) is 25.2 Å². The van der Waals surface area contributed by atoms with Crippen LogP contribution in [0.25, 0.3) is 5.65 Å². The third kappa shape index (κ3) is 1.12. The average Bonchev–Trinajstić information content (AvgIpc) is 2.89. The summed E-state index contributed by atoms with van der Waals surface area (Å²) in [6.45, 7) is 2.17. The minimum Gasteiger partial charge on any atom is -0.297 e. The van der Waals surface area contributed by atoms with Gasteiger partial charge in [-0.15, -0.1) is 0 Å². The molecular formula is C12H12N2O. The van der Waals surface area contributed by atoms with E-state index in [9.17, 15) is 4.79 Å². The van der Waals surface area contributed by atoms with Gasteiger partial charge in [-0.1, -0.05) is 13.0 Å². The summed E-state index contributed by atoms with van der Waals surface area (Å²) in [5, 5.41) is 0. The van der Waals surface area contributed by atoms with Crippen LogP contribution in [0.15, 0.2) is 24.4 Å². The molecule has 0 N–H and O–H groups in total. The van der Waals surface area contributed by atoms with E-state index in [0.717, 1.165) is 30.5 Å². The molecule has 1 aliphatic rings. The maximum absolute atomic E-state index is 11.1. The van der Waals surface area contributed by atoms with E-state index in [2.05, 4.69) is 11.9 Å². The minimum atomic E-state index is 0.141. The molecule has 15 heavy (non-hydrogen) atoms. The van der Waals surface area contributed by atoms with E-state index in [0.29, 0.717) is 5.69 Å². The van der Waals surface area contributed by atoms with Gasteiger partial charge >= 0.3 is 0 Å². The van der Waals surface area contributed by atoms with Crippen molar-refractivity contribution in [3.63, 3.8) is 0 Å². The zero-order valence-corrected chi connectivity index (χ0v) is 8.60. The third-order valence-corrected chi connectivity index (χ3v) is 3.25. The molecule has 0 aliphatic heterocycles. The second-order valence-corrected chi connectivity index (χ2v) is 4.45. The van der Waals surface area contributed by atoms with Gasteiger partial charge in [0.05, 0.1) is 5.69 Å². The number of carbonyl (C=O) groups is 1. The van der Waals surface area contributed by atoms with Gasteiger partial charge in [-0.2, -0.15) is 0 Å². The van der Waals surface area contributed by atoms with Crippen molar-refractivity contribution in [3.8, 4) is 0 Å². The van der Waals surface area contributed by atoms with Crippen molar-refractivity contribution in [1.29, 1.82) is 0 Å². The summed E-state index contributed by atoms with van der Waals surface area (Å²) in [4.78, 5) is 15.7. The fourth-order valence-electron chi connectivity index (χ4n) is 2.00. The Kier molecular flexibility index (Phi) is 1.55. The molecule has 0 aromatic carbocycles. The normalized spacial score (nSPS) is 17.9. The maximum Gasteiger partial charge on any atom is 0.168 e. The smallest absolute Gasteiger partial charge is 0.168 e. The summed E-state index contributed by atoms with van der Waals surface area (Å²) < 4.78 is 1.87. The molecule has 0 atom stereocenters. The molecule has 3 heteroatoms. The van der Waals surface area contributed by atoms with Crippen LogP contribution in [0.4, 0.5) is 0 Å². The Morgan fingerprint density at radius 1 is 1.47 bits per heavy atom. The molecule has 0 amide bonds. The van der Waals surface area contributed by atoms with Gasteiger partial charge in [0.2, 0.25) is 0 Å². The van der Waals surface area contributed by atoms with E-state index in [1.165, 1.54) is 0 Å². The highest BCUT2D eigenvalue weighted by molar-refractivity contribution is 5.77. The lowest BCUT2D eigenvalue weighted by molar-refractivity contribution is 0.111. The number of fused-ring (bicyclic) bond motifs is 1. The second kappa shape index (κ2) is 2.69. The number of aromatic nitrogens is 2. The van der Waals surface area contributed by atoms with Gasteiger partial charge in [-0.25, -0.2) is 4.98 Å². The lowest BCUT2D eigenvalue weighted by Gasteiger charge is -2.03. The fourth-order valence-corrected chi connectivity index (χ4v) is 2.00. The summed E-state index contributed by atoms with van der Waals surface area (Å²) in [7, 11) is 0. The van der Waals surface area contributed by atoms with E-state index < -0.39 is 0 Å². The number of imidazole rings is 1. The molecule has 2 aromatic heterocycles. The number of hydrogen-bond acceptors (Lipinski definition) is 2. The predicted molar refractivity (Wildman–Crippen MR) is 57.2 cm³/mol. The van der Waals surface area contributed by atoms with E-state index in [1.807, 2.05) is 28.8 Å². The number of nitrogens with zero attached hydrogens (tertiary/aromatic N) is 2. The van der Waals surface area contributed by atoms with E-state index in [-0.39, 0.29) is 5.41 Å². The van der Waals surface area contributed by atoms with Gasteiger partial charge in [0.1, 0.15) is 11.3 Å². The minimum absolute atomic E-state index is 0.141. The van der Waals surface area contributed by atoms with Crippen LogP contribution >= 0.6 is 0 Å². The summed E-state index contributed by atoms with van der Waals surface area (Å²) in [6.07, 6.45) is 5.08. The Labute approximate surface area is 87.7 Å². The lowest BCUT2D eigenvalue weighted by atomic mass is 10.0. The highest BCUT2D eigenvalue weighted by atomic mass is 16.1. The Balaban J connectivity index is 2.34. The largest absolute Gasteiger partial charge is 0.297 e. The molecule has 1 aliphatic carbocycles. The monoisotopic (exact) mass is 200 g/mol. The summed E-state index contributed by atoms with van der Waals surface area (Å²) in [5.74, 6) is 0. The van der Waals surface area contributed by atoms with Crippen molar-refractivity contribution >= 4 is 11.9 Å². The molecule has 0 saturated heterocycles. The molecule has 0 radical (unpaired) electrons. The lowest BCUT2D eigenvalue weighted by Crippen LogP contribution is -2.04. The molecule has 76 valence electrons. The number of pyridine rings is 1. The standard InChI is InChI=1S/C12H12N2O/c1-12(5-6-12)11-9(8-15)14-7-3-2-4-10(14)13-11/h2-4,7-8H,5-6H2,1H3. The van der Waals surface area contributed by atoms with E-state index in [4.69, 9.17) is 0 Å². The van der Waals surface area contributed by atoms with Crippen LogP contribution in [0.1, 0.15) is 35.9 Å². The first kappa shape index (κ1) is 8.65. The van der Waals surface area contributed by atoms with Crippen LogP contribution in [-0.2, 0) is 5.41 Å². The molecule has 0 bridgehead atoms. The molecular weight excluding hydrogens is 188 g/mol. The quantitative estimate of drug-likeness (QED) is 0.696. The van der Waals surface area contributed by atoms with Crippen LogP contribution in [0.5, 0.6) is 0 Å². The Morgan fingerprint density at radius 3 is 2.93 bits per heavy atom. The highest BCUT2D eigenvalue weighted by Crippen LogP contribution is 2.48. The molecule has 3 nitrogen and oxygen atoms in total. The first-order valence-corrected chi connectivity index (χ1v) is 5.17. The van der Waals surface area contributed by atoms with Crippen LogP contribution < -0.4 is 0 Å². The number of hydrogen-bond donors (Lipinski definition) is 0. The van der Waals surface area contributed by atoms with Crippen LogP contribution in [0.2, 0.25) is 0 Å². The highest BCUT2D eigenvalue weighted by Gasteiger charge is 2.43. The number of carbonyl (C=O) groups excluding carboxylic acids is 1. The summed E-state index contributed by atoms with van der Waals surface area (Å²) in [6, 6.07) is 5.79. The van der Waals surface area contributed by atoms with Gasteiger partial charge in [0, 0.05) is 11.6 Å². The van der Waals surface area contributed by atoms with Gasteiger partial charge in [0.15, 0.2) is 6.29 Å². The Bertz CT molecular complexity index is 538. The van der Waals surface area contributed by atoms with Crippen LogP contribution in [0.3, 0.4) is 0 Å². The van der Waals surface area contributed by atoms with E-state index in [1.54, 1.807) is 0 Å². The SMILES string of the molecule is CC1(c2nc3ccccn3c2C=O)CC1. The van der Waals surface area contributed by atoms with Crippen molar-refractivity contribution in [1.82, 2.24) is 9.38 Å².